The summed E-state index contributed by atoms with van der Waals surface area (Å²) in [6.07, 6.45) is 3.29. The van der Waals surface area contributed by atoms with E-state index in [0.29, 0.717) is 17.2 Å². The minimum Gasteiger partial charge on any atom is -0.457 e. The Morgan fingerprint density at radius 3 is 2.59 bits per heavy atom. The first-order valence-corrected chi connectivity index (χ1v) is 5.53. The number of halogens is 1. The van der Waals surface area contributed by atoms with Gasteiger partial charge in [-0.3, -0.25) is 4.98 Å². The van der Waals surface area contributed by atoms with Crippen LogP contribution in [0.25, 0.3) is 11.1 Å². The predicted molar refractivity (Wildman–Crippen MR) is 63.8 cm³/mol. The van der Waals surface area contributed by atoms with Crippen molar-refractivity contribution in [3.05, 3.63) is 52.8 Å². The van der Waals surface area contributed by atoms with Gasteiger partial charge in [0.05, 0.1) is 5.56 Å². The van der Waals surface area contributed by atoms with Gasteiger partial charge in [0.1, 0.15) is 6.61 Å². The van der Waals surface area contributed by atoms with E-state index >= 15 is 0 Å². The van der Waals surface area contributed by atoms with E-state index in [1.54, 1.807) is 12.4 Å². The fourth-order valence-corrected chi connectivity index (χ4v) is 2.04. The van der Waals surface area contributed by atoms with E-state index in [-0.39, 0.29) is 5.97 Å². The summed E-state index contributed by atoms with van der Waals surface area (Å²) >= 11 is 5.85. The van der Waals surface area contributed by atoms with Crippen molar-refractivity contribution in [2.24, 2.45) is 0 Å². The lowest BCUT2D eigenvalue weighted by molar-refractivity contribution is 0.0535. The van der Waals surface area contributed by atoms with E-state index in [2.05, 4.69) is 4.98 Å². The van der Waals surface area contributed by atoms with E-state index in [1.807, 2.05) is 24.3 Å². The average molecular weight is 246 g/mol. The van der Waals surface area contributed by atoms with Gasteiger partial charge in [-0.15, -0.1) is 0 Å². The maximum absolute atomic E-state index is 11.4. The quantitative estimate of drug-likeness (QED) is 0.725. The third-order valence-corrected chi connectivity index (χ3v) is 3.03. The van der Waals surface area contributed by atoms with Gasteiger partial charge in [0.15, 0.2) is 0 Å². The lowest BCUT2D eigenvalue weighted by atomic mass is 10.00. The van der Waals surface area contributed by atoms with Crippen LogP contribution in [0.2, 0.25) is 5.02 Å². The van der Waals surface area contributed by atoms with Crippen molar-refractivity contribution in [1.82, 2.24) is 4.98 Å². The molecular formula is C13H8ClNO2. The molecule has 0 aliphatic carbocycles. The van der Waals surface area contributed by atoms with Gasteiger partial charge >= 0.3 is 5.97 Å². The third kappa shape index (κ3) is 1.68. The molecule has 1 aromatic carbocycles. The van der Waals surface area contributed by atoms with Crippen LogP contribution in [0, 0.1) is 0 Å². The Labute approximate surface area is 103 Å². The second-order valence-electron chi connectivity index (χ2n) is 3.80. The fraction of sp³-hybridized carbons (Fsp3) is 0.0769. The van der Waals surface area contributed by atoms with Gasteiger partial charge < -0.3 is 4.74 Å². The molecule has 0 saturated carbocycles. The molecule has 0 unspecified atom stereocenters. The van der Waals surface area contributed by atoms with Crippen LogP contribution in [0.3, 0.4) is 0 Å². The molecule has 1 aromatic heterocycles. The number of cyclic esters (lactones) is 1. The van der Waals surface area contributed by atoms with E-state index in [9.17, 15) is 4.79 Å². The number of rotatable bonds is 1. The number of esters is 1. The molecule has 0 amide bonds. The number of ether oxygens (including phenoxy) is 1. The summed E-state index contributed by atoms with van der Waals surface area (Å²) in [7, 11) is 0. The molecule has 1 aliphatic heterocycles. The molecular weight excluding hydrogens is 238 g/mol. The van der Waals surface area contributed by atoms with Crippen molar-refractivity contribution in [3.8, 4) is 11.1 Å². The van der Waals surface area contributed by atoms with Crippen LogP contribution in [-0.4, -0.2) is 11.0 Å². The lowest BCUT2D eigenvalue weighted by Crippen LogP contribution is -1.95. The van der Waals surface area contributed by atoms with E-state index in [1.165, 1.54) is 0 Å². The summed E-state index contributed by atoms with van der Waals surface area (Å²) in [5.41, 5.74) is 3.35. The van der Waals surface area contributed by atoms with Gasteiger partial charge in [-0.05, 0) is 17.7 Å². The summed E-state index contributed by atoms with van der Waals surface area (Å²) < 4.78 is 5.00. The van der Waals surface area contributed by atoms with Crippen LogP contribution in [-0.2, 0) is 11.3 Å². The summed E-state index contributed by atoms with van der Waals surface area (Å²) in [6.45, 7) is 0.314. The first-order valence-electron chi connectivity index (χ1n) is 5.15. The van der Waals surface area contributed by atoms with Gasteiger partial charge in [-0.2, -0.15) is 0 Å². The highest BCUT2D eigenvalue weighted by molar-refractivity contribution is 6.30. The van der Waals surface area contributed by atoms with Crippen molar-refractivity contribution in [2.75, 3.05) is 0 Å². The van der Waals surface area contributed by atoms with Crippen molar-refractivity contribution >= 4 is 17.6 Å². The van der Waals surface area contributed by atoms with E-state index in [4.69, 9.17) is 16.3 Å². The van der Waals surface area contributed by atoms with Gasteiger partial charge in [-0.25, -0.2) is 4.79 Å². The first-order chi connectivity index (χ1) is 8.25. The Morgan fingerprint density at radius 1 is 1.12 bits per heavy atom. The van der Waals surface area contributed by atoms with Crippen molar-refractivity contribution < 1.29 is 9.53 Å². The first kappa shape index (κ1) is 10.3. The highest BCUT2D eigenvalue weighted by Crippen LogP contribution is 2.30. The number of aromatic nitrogens is 1. The van der Waals surface area contributed by atoms with Gasteiger partial charge in [0, 0.05) is 28.5 Å². The number of fused-ring (bicyclic) bond motifs is 1. The minimum absolute atomic E-state index is 0.302. The van der Waals surface area contributed by atoms with Crippen LogP contribution < -0.4 is 0 Å². The molecule has 2 heterocycles. The Balaban J connectivity index is 2.16. The Kier molecular flexibility index (Phi) is 2.34. The van der Waals surface area contributed by atoms with Gasteiger partial charge in [0.2, 0.25) is 0 Å². The van der Waals surface area contributed by atoms with Crippen molar-refractivity contribution in [2.45, 2.75) is 6.61 Å². The number of carbonyl (C=O) groups is 1. The van der Waals surface area contributed by atoms with Crippen molar-refractivity contribution in [1.29, 1.82) is 0 Å². The molecule has 2 aromatic rings. The number of hydrogen-bond donors (Lipinski definition) is 0. The van der Waals surface area contributed by atoms with Gasteiger partial charge in [-0.1, -0.05) is 23.7 Å². The number of pyridine rings is 1. The largest absolute Gasteiger partial charge is 0.457 e. The summed E-state index contributed by atoms with van der Waals surface area (Å²) in [5.74, 6) is -0.302. The average Bonchev–Trinajstić information content (AvgIpc) is 2.73. The summed E-state index contributed by atoms with van der Waals surface area (Å²) in [4.78, 5) is 15.5. The highest BCUT2D eigenvalue weighted by atomic mass is 35.5. The predicted octanol–water partition coefficient (Wildman–Crippen LogP) is 3.07. The SMILES string of the molecule is O=C1OCc2c1cncc2-c1ccc(Cl)cc1. The molecule has 0 atom stereocenters. The second kappa shape index (κ2) is 3.86. The van der Waals surface area contributed by atoms with Crippen LogP contribution in [0.15, 0.2) is 36.7 Å². The molecule has 17 heavy (non-hydrogen) atoms. The number of hydrogen-bond acceptors (Lipinski definition) is 3. The molecule has 3 nitrogen and oxygen atoms in total. The minimum atomic E-state index is -0.302. The second-order valence-corrected chi connectivity index (χ2v) is 4.23. The Morgan fingerprint density at radius 2 is 1.82 bits per heavy atom. The zero-order valence-corrected chi connectivity index (χ0v) is 9.57. The van der Waals surface area contributed by atoms with Crippen LogP contribution in [0.4, 0.5) is 0 Å². The zero-order chi connectivity index (χ0) is 11.8. The van der Waals surface area contributed by atoms with E-state index < -0.39 is 0 Å². The molecule has 0 N–H and O–H groups in total. The molecule has 0 radical (unpaired) electrons. The number of benzene rings is 1. The van der Waals surface area contributed by atoms with Crippen LogP contribution >= 0.6 is 11.6 Å². The lowest BCUT2D eigenvalue weighted by Gasteiger charge is -2.05. The van der Waals surface area contributed by atoms with E-state index in [0.717, 1.165) is 16.7 Å². The number of carbonyl (C=O) groups excluding carboxylic acids is 1. The zero-order valence-electron chi connectivity index (χ0n) is 8.81. The molecule has 0 bridgehead atoms. The fourth-order valence-electron chi connectivity index (χ4n) is 1.91. The molecule has 84 valence electrons. The Hall–Kier alpha value is -1.87. The topological polar surface area (TPSA) is 39.2 Å². The molecule has 4 heteroatoms. The number of nitrogens with zero attached hydrogens (tertiary/aromatic N) is 1. The maximum atomic E-state index is 11.4. The molecule has 0 fully saturated rings. The molecule has 3 rings (SSSR count). The highest BCUT2D eigenvalue weighted by Gasteiger charge is 2.24. The maximum Gasteiger partial charge on any atom is 0.340 e. The van der Waals surface area contributed by atoms with Crippen LogP contribution in [0.1, 0.15) is 15.9 Å². The summed E-state index contributed by atoms with van der Waals surface area (Å²) in [5, 5.41) is 0.682. The van der Waals surface area contributed by atoms with Crippen LogP contribution in [0.5, 0.6) is 0 Å². The molecule has 1 aliphatic rings. The summed E-state index contributed by atoms with van der Waals surface area (Å²) in [6, 6.07) is 7.44. The van der Waals surface area contributed by atoms with Crippen molar-refractivity contribution in [3.63, 3.8) is 0 Å². The molecule has 0 spiro atoms. The van der Waals surface area contributed by atoms with Gasteiger partial charge in [0.25, 0.3) is 0 Å². The Bertz CT molecular complexity index is 593. The third-order valence-electron chi connectivity index (χ3n) is 2.78. The standard InChI is InChI=1S/C13H8ClNO2/c14-9-3-1-8(2-4-9)10-5-15-6-11-12(10)7-17-13(11)16/h1-6H,7H2. The smallest absolute Gasteiger partial charge is 0.340 e. The normalized spacial score (nSPS) is 13.4. The molecule has 0 saturated heterocycles. The monoisotopic (exact) mass is 245 g/mol.